The number of thiophene rings is 1. The molecule has 5 nitrogen and oxygen atoms in total. The number of nitrogens with one attached hydrogen (secondary N) is 1. The van der Waals surface area contributed by atoms with Crippen LogP contribution >= 0.6 is 11.3 Å². The van der Waals surface area contributed by atoms with Gasteiger partial charge in [0.05, 0.1) is 12.5 Å². The van der Waals surface area contributed by atoms with E-state index >= 15 is 0 Å². The second-order valence-corrected chi connectivity index (χ2v) is 5.87. The van der Waals surface area contributed by atoms with Gasteiger partial charge in [0, 0.05) is 17.5 Å². The summed E-state index contributed by atoms with van der Waals surface area (Å²) >= 11 is 1.73. The van der Waals surface area contributed by atoms with Crippen LogP contribution in [0.2, 0.25) is 0 Å². The van der Waals surface area contributed by atoms with Gasteiger partial charge in [-0.3, -0.25) is 4.79 Å². The van der Waals surface area contributed by atoms with Gasteiger partial charge in [0.2, 0.25) is 0 Å². The Balaban J connectivity index is 1.99. The van der Waals surface area contributed by atoms with E-state index in [-0.39, 0.29) is 24.5 Å². The molecule has 1 aromatic rings. The predicted octanol–water partition coefficient (Wildman–Crippen LogP) is 2.24. The van der Waals surface area contributed by atoms with E-state index in [0.29, 0.717) is 6.54 Å². The van der Waals surface area contributed by atoms with E-state index in [1.807, 2.05) is 6.92 Å². The summed E-state index contributed by atoms with van der Waals surface area (Å²) in [5.41, 5.74) is 1.21. The number of hydrogen-bond acceptors (Lipinski definition) is 3. The van der Waals surface area contributed by atoms with Crippen LogP contribution in [0.5, 0.6) is 0 Å². The first-order chi connectivity index (χ1) is 8.99. The van der Waals surface area contributed by atoms with Gasteiger partial charge in [-0.15, -0.1) is 11.3 Å². The molecule has 0 saturated heterocycles. The van der Waals surface area contributed by atoms with Gasteiger partial charge < -0.3 is 15.3 Å². The highest BCUT2D eigenvalue weighted by atomic mass is 32.1. The Hall–Kier alpha value is -1.56. The summed E-state index contributed by atoms with van der Waals surface area (Å²) < 4.78 is 0. The van der Waals surface area contributed by atoms with Crippen molar-refractivity contribution in [3.8, 4) is 0 Å². The minimum Gasteiger partial charge on any atom is -0.481 e. The maximum atomic E-state index is 12.2. The Kier molecular flexibility index (Phi) is 4.09. The van der Waals surface area contributed by atoms with Crippen molar-refractivity contribution in [3.63, 3.8) is 0 Å². The highest BCUT2D eigenvalue weighted by Gasteiger charge is 2.28. The van der Waals surface area contributed by atoms with Crippen molar-refractivity contribution in [3.05, 3.63) is 21.9 Å². The van der Waals surface area contributed by atoms with Crippen LogP contribution in [0.1, 0.15) is 36.8 Å². The highest BCUT2D eigenvalue weighted by molar-refractivity contribution is 7.10. The van der Waals surface area contributed by atoms with E-state index in [1.165, 1.54) is 10.4 Å². The molecule has 0 bridgehead atoms. The van der Waals surface area contributed by atoms with Gasteiger partial charge in [-0.25, -0.2) is 4.79 Å². The lowest BCUT2D eigenvalue weighted by molar-refractivity contribution is -0.137. The van der Waals surface area contributed by atoms with Crippen molar-refractivity contribution in [1.82, 2.24) is 10.2 Å². The first-order valence-electron chi connectivity index (χ1n) is 6.34. The lowest BCUT2D eigenvalue weighted by atomic mass is 10.0. The smallest absolute Gasteiger partial charge is 0.318 e. The van der Waals surface area contributed by atoms with E-state index in [0.717, 1.165) is 6.42 Å². The number of carboxylic acids is 1. The maximum absolute atomic E-state index is 12.2. The number of amides is 2. The van der Waals surface area contributed by atoms with E-state index in [4.69, 9.17) is 5.11 Å². The number of fused-ring (bicyclic) bond motifs is 1. The number of urea groups is 1. The van der Waals surface area contributed by atoms with Gasteiger partial charge in [-0.1, -0.05) is 0 Å². The minimum absolute atomic E-state index is 0.0482. The number of carbonyl (C=O) groups excluding carboxylic acids is 1. The normalized spacial score (nSPS) is 19.7. The third kappa shape index (κ3) is 3.07. The van der Waals surface area contributed by atoms with Crippen LogP contribution in [0.25, 0.3) is 0 Å². The highest BCUT2D eigenvalue weighted by Crippen LogP contribution is 2.32. The van der Waals surface area contributed by atoms with Gasteiger partial charge in [0.1, 0.15) is 0 Å². The van der Waals surface area contributed by atoms with Crippen LogP contribution in [0, 0.1) is 0 Å². The van der Waals surface area contributed by atoms with Gasteiger partial charge in [-0.2, -0.15) is 0 Å². The van der Waals surface area contributed by atoms with Crippen molar-refractivity contribution < 1.29 is 14.7 Å². The Labute approximate surface area is 116 Å². The number of aliphatic carboxylic acids is 1. The molecule has 0 saturated carbocycles. The molecule has 2 unspecified atom stereocenters. The average molecular weight is 282 g/mol. The fourth-order valence-electron chi connectivity index (χ4n) is 2.39. The maximum Gasteiger partial charge on any atom is 0.318 e. The number of rotatable bonds is 3. The minimum atomic E-state index is -0.903. The molecule has 0 aromatic carbocycles. The van der Waals surface area contributed by atoms with Crippen LogP contribution in [-0.2, 0) is 11.2 Å². The summed E-state index contributed by atoms with van der Waals surface area (Å²) in [4.78, 5) is 25.9. The molecule has 1 aromatic heterocycles. The second kappa shape index (κ2) is 5.61. The third-order valence-corrected chi connectivity index (χ3v) is 4.39. The molecule has 0 radical (unpaired) electrons. The molecule has 2 amide bonds. The van der Waals surface area contributed by atoms with Crippen LogP contribution < -0.4 is 5.32 Å². The number of carbonyl (C=O) groups is 2. The van der Waals surface area contributed by atoms with E-state index in [2.05, 4.69) is 16.8 Å². The molecule has 0 aliphatic carbocycles. The van der Waals surface area contributed by atoms with Crippen molar-refractivity contribution >= 4 is 23.3 Å². The SMILES string of the molecule is CC(CC(=O)O)NC(=O)N1CCc2sccc2C1C. The van der Waals surface area contributed by atoms with E-state index in [1.54, 1.807) is 23.2 Å². The van der Waals surface area contributed by atoms with Crippen LogP contribution in [0.15, 0.2) is 11.4 Å². The first-order valence-corrected chi connectivity index (χ1v) is 7.22. The van der Waals surface area contributed by atoms with Gasteiger partial charge in [0.25, 0.3) is 0 Å². The molecule has 104 valence electrons. The molecule has 2 N–H and O–H groups in total. The average Bonchev–Trinajstić information content (AvgIpc) is 2.76. The fraction of sp³-hybridized carbons (Fsp3) is 0.538. The molecule has 6 heteroatoms. The summed E-state index contributed by atoms with van der Waals surface area (Å²) in [6.07, 6.45) is 0.815. The molecule has 2 atom stereocenters. The summed E-state index contributed by atoms with van der Waals surface area (Å²) in [6, 6.07) is 1.57. The molecule has 2 rings (SSSR count). The van der Waals surface area contributed by atoms with Crippen molar-refractivity contribution in [2.45, 2.75) is 38.8 Å². The monoisotopic (exact) mass is 282 g/mol. The van der Waals surface area contributed by atoms with Crippen molar-refractivity contribution in [1.29, 1.82) is 0 Å². The van der Waals surface area contributed by atoms with Crippen LogP contribution in [0.3, 0.4) is 0 Å². The molecular weight excluding hydrogens is 264 g/mol. The first kappa shape index (κ1) is 13.9. The van der Waals surface area contributed by atoms with E-state index < -0.39 is 5.97 Å². The number of nitrogens with zero attached hydrogens (tertiary/aromatic N) is 1. The summed E-state index contributed by atoms with van der Waals surface area (Å²) in [5.74, 6) is -0.903. The molecule has 2 heterocycles. The molecule has 0 fully saturated rings. The Bertz CT molecular complexity index is 486. The van der Waals surface area contributed by atoms with Gasteiger partial charge in [0.15, 0.2) is 0 Å². The molecule has 1 aliphatic heterocycles. The Morgan fingerprint density at radius 1 is 1.63 bits per heavy atom. The van der Waals surface area contributed by atoms with Crippen molar-refractivity contribution in [2.75, 3.05) is 6.54 Å². The standard InChI is InChI=1S/C13H18N2O3S/c1-8(7-12(16)17)14-13(18)15-5-3-11-10(9(15)2)4-6-19-11/h4,6,8-9H,3,5,7H2,1-2H3,(H,14,18)(H,16,17). The zero-order chi connectivity index (χ0) is 14.0. The molecular formula is C13H18N2O3S. The van der Waals surface area contributed by atoms with Crippen LogP contribution in [-0.4, -0.2) is 34.6 Å². The fourth-order valence-corrected chi connectivity index (χ4v) is 3.36. The van der Waals surface area contributed by atoms with E-state index in [9.17, 15) is 9.59 Å². The van der Waals surface area contributed by atoms with Gasteiger partial charge >= 0.3 is 12.0 Å². The largest absolute Gasteiger partial charge is 0.481 e. The molecule has 1 aliphatic rings. The molecule has 0 spiro atoms. The summed E-state index contributed by atoms with van der Waals surface area (Å²) in [7, 11) is 0. The van der Waals surface area contributed by atoms with Gasteiger partial charge in [-0.05, 0) is 37.3 Å². The predicted molar refractivity (Wildman–Crippen MR) is 73.4 cm³/mol. The quantitative estimate of drug-likeness (QED) is 0.893. The Morgan fingerprint density at radius 2 is 2.37 bits per heavy atom. The summed E-state index contributed by atoms with van der Waals surface area (Å²) in [6.45, 7) is 4.39. The number of carboxylic acid groups (broad SMARTS) is 1. The Morgan fingerprint density at radius 3 is 3.05 bits per heavy atom. The zero-order valence-electron chi connectivity index (χ0n) is 11.0. The van der Waals surface area contributed by atoms with Crippen LogP contribution in [0.4, 0.5) is 4.79 Å². The number of hydrogen-bond donors (Lipinski definition) is 2. The second-order valence-electron chi connectivity index (χ2n) is 4.87. The molecule has 19 heavy (non-hydrogen) atoms. The zero-order valence-corrected chi connectivity index (χ0v) is 11.9. The lowest BCUT2D eigenvalue weighted by Gasteiger charge is -2.34. The topological polar surface area (TPSA) is 69.6 Å². The summed E-state index contributed by atoms with van der Waals surface area (Å²) in [5, 5.41) is 13.5. The van der Waals surface area contributed by atoms with Crippen molar-refractivity contribution in [2.24, 2.45) is 0 Å². The third-order valence-electron chi connectivity index (χ3n) is 3.39. The lowest BCUT2D eigenvalue weighted by Crippen LogP contribution is -2.47.